The largest absolute Gasteiger partial charge is 0.489 e. The maximum absolute atomic E-state index is 10.2. The Bertz CT molecular complexity index is 6600. The van der Waals surface area contributed by atoms with Gasteiger partial charge in [0.1, 0.15) is 0 Å². The Balaban J connectivity index is 0.000000127. The molecule has 0 fully saturated rings. The molecule has 4 heteroatoms. The van der Waals surface area contributed by atoms with E-state index in [9.17, 15) is 10.0 Å². The van der Waals surface area contributed by atoms with Crippen LogP contribution in [0.4, 0.5) is 0 Å². The summed E-state index contributed by atoms with van der Waals surface area (Å²) >= 11 is 3.49. The molecule has 105 heavy (non-hydrogen) atoms. The number of fused-ring (bicyclic) bond motifs is 12. The van der Waals surface area contributed by atoms with Crippen LogP contribution in [0.2, 0.25) is 0 Å². The summed E-state index contributed by atoms with van der Waals surface area (Å²) in [6.07, 6.45) is 0. The summed E-state index contributed by atoms with van der Waals surface area (Å²) in [5, 5.41) is 44.5. The molecule has 0 amide bonds. The molecule has 0 spiro atoms. The van der Waals surface area contributed by atoms with Gasteiger partial charge in [0.15, 0.2) is 0 Å². The fraction of sp³-hybridized carbons (Fsp3) is 0.00990. The number of halogens is 1. The lowest BCUT2D eigenvalue weighted by atomic mass is 9.72. The second kappa shape index (κ2) is 28.4. The molecule has 0 bridgehead atoms. The van der Waals surface area contributed by atoms with Crippen LogP contribution in [0.3, 0.4) is 0 Å². The highest BCUT2D eigenvalue weighted by atomic mass is 79.9. The Labute approximate surface area is 619 Å². The molecule has 0 radical (unpaired) electrons. The number of hydrogen-bond acceptors (Lipinski definition) is 2. The van der Waals surface area contributed by atoms with E-state index in [1.54, 1.807) is 0 Å². The Morgan fingerprint density at radius 3 is 0.810 bits per heavy atom. The normalized spacial score (nSPS) is 11.3. The predicted octanol–water partition coefficient (Wildman–Crippen LogP) is 27.3. The second-order valence-electron chi connectivity index (χ2n) is 26.9. The van der Waals surface area contributed by atoms with E-state index in [2.05, 4.69) is 368 Å². The third-order valence-electron chi connectivity index (χ3n) is 20.8. The molecule has 20 rings (SSSR count). The summed E-state index contributed by atoms with van der Waals surface area (Å²) in [5.74, 6) is 0. The van der Waals surface area contributed by atoms with Crippen molar-refractivity contribution in [1.29, 1.82) is 0 Å². The number of benzene rings is 20. The van der Waals surface area contributed by atoms with Crippen LogP contribution < -0.4 is 5.46 Å². The van der Waals surface area contributed by atoms with Crippen molar-refractivity contribution in [2.24, 2.45) is 0 Å². The standard InChI is InChI=1S/C50H32.C30H21BO2.C20H13Br.CH4/c1-2-12-38-30-40(28-22-33(38)10-1)39-13-9-14-42(31-39)50-46-18-7-5-16-44(46)49(45-17-6-8-19-47(45)50)37-26-20-34(21-27-37)41-29-25-36-24-23-35-11-3-4-15-43(35)48(36)32-41;32-31(33)30-27-14-5-3-12-25(27)29(26-13-4-6-15-28(26)30)24-11-7-10-22(19-24)23-17-16-20-8-1-2-9-21(20)18-23;21-18-11-9-14(10-12-18)17-8-7-16-6-5-15-3-1-2-4-19(15)20(16)13-17;/h1-32H;1-19,32-33H;1-13H;1H4. The van der Waals surface area contributed by atoms with Crippen LogP contribution in [-0.4, -0.2) is 17.2 Å². The first-order valence-corrected chi connectivity index (χ1v) is 36.2. The maximum atomic E-state index is 10.2. The summed E-state index contributed by atoms with van der Waals surface area (Å²) in [4.78, 5) is 0. The van der Waals surface area contributed by atoms with Gasteiger partial charge < -0.3 is 10.0 Å². The second-order valence-corrected chi connectivity index (χ2v) is 27.8. The van der Waals surface area contributed by atoms with Gasteiger partial charge >= 0.3 is 7.12 Å². The van der Waals surface area contributed by atoms with Crippen molar-refractivity contribution in [1.82, 2.24) is 0 Å². The van der Waals surface area contributed by atoms with E-state index < -0.39 is 7.12 Å². The first-order chi connectivity index (χ1) is 51.3. The molecule has 0 aliphatic rings. The first kappa shape index (κ1) is 65.8. The molecular weight excluding hydrogens is 1340 g/mol. The van der Waals surface area contributed by atoms with Crippen LogP contribution in [-0.2, 0) is 0 Å². The van der Waals surface area contributed by atoms with Gasteiger partial charge in [-0.15, -0.1) is 0 Å². The molecule has 496 valence electrons. The third kappa shape index (κ3) is 12.6. The van der Waals surface area contributed by atoms with Crippen molar-refractivity contribution in [3.63, 3.8) is 0 Å². The van der Waals surface area contributed by atoms with Crippen molar-refractivity contribution in [3.8, 4) is 77.9 Å². The van der Waals surface area contributed by atoms with Gasteiger partial charge in [-0.05, 0) is 240 Å². The molecule has 20 aromatic rings. The fourth-order valence-corrected chi connectivity index (χ4v) is 16.0. The molecule has 0 aliphatic heterocycles. The maximum Gasteiger partial charge on any atom is 0.489 e. The monoisotopic (exact) mass is 1400 g/mol. The topological polar surface area (TPSA) is 40.5 Å². The smallest absolute Gasteiger partial charge is 0.423 e. The summed E-state index contributed by atoms with van der Waals surface area (Å²) < 4.78 is 1.11. The first-order valence-electron chi connectivity index (χ1n) is 35.4. The van der Waals surface area contributed by atoms with Gasteiger partial charge in [0, 0.05) is 4.47 Å². The molecule has 0 unspecified atom stereocenters. The van der Waals surface area contributed by atoms with Crippen molar-refractivity contribution < 1.29 is 10.0 Å². The van der Waals surface area contributed by atoms with E-state index in [4.69, 9.17) is 0 Å². The van der Waals surface area contributed by atoms with Crippen LogP contribution in [0, 0.1) is 0 Å². The summed E-state index contributed by atoms with van der Waals surface area (Å²) in [5.41, 5.74) is 17.5. The molecular formula is C101H70BBrO2. The van der Waals surface area contributed by atoms with Gasteiger partial charge in [-0.25, -0.2) is 0 Å². The summed E-state index contributed by atoms with van der Waals surface area (Å²) in [6, 6.07) is 139. The van der Waals surface area contributed by atoms with E-state index in [0.29, 0.717) is 5.46 Å². The molecule has 2 N–H and O–H groups in total. The van der Waals surface area contributed by atoms with E-state index in [-0.39, 0.29) is 7.43 Å². The number of hydrogen-bond donors (Lipinski definition) is 2. The van der Waals surface area contributed by atoms with E-state index >= 15 is 0 Å². The van der Waals surface area contributed by atoms with Crippen LogP contribution in [0.15, 0.2) is 393 Å². The Morgan fingerprint density at radius 2 is 0.419 bits per heavy atom. The molecule has 0 heterocycles. The van der Waals surface area contributed by atoms with Crippen molar-refractivity contribution in [2.45, 2.75) is 7.43 Å². The van der Waals surface area contributed by atoms with Crippen molar-refractivity contribution in [2.75, 3.05) is 0 Å². The van der Waals surface area contributed by atoms with Crippen LogP contribution in [0.25, 0.3) is 186 Å². The molecule has 0 saturated heterocycles. The molecule has 20 aromatic carbocycles. The Hall–Kier alpha value is -12.5. The van der Waals surface area contributed by atoms with Crippen LogP contribution in [0.5, 0.6) is 0 Å². The molecule has 0 saturated carbocycles. The lowest BCUT2D eigenvalue weighted by Gasteiger charge is -2.18. The van der Waals surface area contributed by atoms with Gasteiger partial charge in [0.25, 0.3) is 0 Å². The van der Waals surface area contributed by atoms with Gasteiger partial charge in [0.05, 0.1) is 0 Å². The molecule has 0 atom stereocenters. The van der Waals surface area contributed by atoms with Crippen LogP contribution in [0.1, 0.15) is 7.43 Å². The minimum absolute atomic E-state index is 0. The SMILES string of the molecule is Brc1ccc(-c2ccc3ccc4ccccc4c3c2)cc1.C.OB(O)c1c2ccccc2c(-c2cccc(-c3ccc4ccccc4c3)c2)c2ccccc12.c1cc(-c2ccc3ccccc3c2)cc(-c2c3ccccc3c(-c3ccc(-c4ccc5ccc6ccccc6c5c4)cc3)c3ccccc23)c1. The van der Waals surface area contributed by atoms with Gasteiger partial charge in [-0.3, -0.25) is 0 Å². The number of rotatable bonds is 8. The van der Waals surface area contributed by atoms with Crippen molar-refractivity contribution >= 4 is 136 Å². The highest BCUT2D eigenvalue weighted by Crippen LogP contribution is 2.46. The van der Waals surface area contributed by atoms with Crippen LogP contribution >= 0.6 is 15.9 Å². The zero-order valence-electron chi connectivity index (χ0n) is 56.8. The Kier molecular flexibility index (Phi) is 17.8. The third-order valence-corrected chi connectivity index (χ3v) is 21.3. The lowest BCUT2D eigenvalue weighted by molar-refractivity contribution is 0.426. The Morgan fingerprint density at radius 1 is 0.171 bits per heavy atom. The average Bonchev–Trinajstić information content (AvgIpc) is 0.746. The van der Waals surface area contributed by atoms with Crippen molar-refractivity contribution in [3.05, 3.63) is 393 Å². The summed E-state index contributed by atoms with van der Waals surface area (Å²) in [6.45, 7) is 0. The van der Waals surface area contributed by atoms with Gasteiger partial charge in [-0.2, -0.15) is 0 Å². The molecule has 2 nitrogen and oxygen atoms in total. The molecule has 0 aromatic heterocycles. The van der Waals surface area contributed by atoms with E-state index in [1.807, 2.05) is 36.4 Å². The fourth-order valence-electron chi connectivity index (χ4n) is 15.8. The zero-order chi connectivity index (χ0) is 69.6. The summed E-state index contributed by atoms with van der Waals surface area (Å²) in [7, 11) is -1.54. The predicted molar refractivity (Wildman–Crippen MR) is 457 cm³/mol. The quantitative estimate of drug-likeness (QED) is 0.0904. The van der Waals surface area contributed by atoms with Gasteiger partial charge in [-0.1, -0.05) is 363 Å². The lowest BCUT2D eigenvalue weighted by Crippen LogP contribution is -2.31. The van der Waals surface area contributed by atoms with E-state index in [1.165, 1.54) is 147 Å². The van der Waals surface area contributed by atoms with E-state index in [0.717, 1.165) is 42.7 Å². The minimum Gasteiger partial charge on any atom is -0.423 e. The highest BCUT2D eigenvalue weighted by molar-refractivity contribution is 9.10. The molecule has 0 aliphatic carbocycles. The highest BCUT2D eigenvalue weighted by Gasteiger charge is 2.23. The zero-order valence-corrected chi connectivity index (χ0v) is 58.4. The average molecular weight is 1410 g/mol. The minimum atomic E-state index is -1.54. The van der Waals surface area contributed by atoms with Gasteiger partial charge in [0.2, 0.25) is 0 Å².